The van der Waals surface area contributed by atoms with Crippen LogP contribution in [0.5, 0.6) is 5.75 Å². The van der Waals surface area contributed by atoms with Crippen molar-refractivity contribution in [2.45, 2.75) is 39.7 Å². The summed E-state index contributed by atoms with van der Waals surface area (Å²) in [5, 5.41) is 4.08. The number of carbonyl (C=O) groups excluding carboxylic acids is 2. The zero-order valence-corrected chi connectivity index (χ0v) is 18.8. The zero-order valence-electron chi connectivity index (χ0n) is 18.8. The van der Waals surface area contributed by atoms with Crippen molar-refractivity contribution in [3.63, 3.8) is 0 Å². The van der Waals surface area contributed by atoms with Crippen LogP contribution in [0.25, 0.3) is 11.0 Å². The van der Waals surface area contributed by atoms with E-state index < -0.39 is 0 Å². The lowest BCUT2D eigenvalue weighted by Gasteiger charge is -2.21. The van der Waals surface area contributed by atoms with Gasteiger partial charge in [0.2, 0.25) is 5.91 Å². The van der Waals surface area contributed by atoms with Crippen LogP contribution in [-0.2, 0) is 16.0 Å². The van der Waals surface area contributed by atoms with Gasteiger partial charge in [-0.1, -0.05) is 37.3 Å². The number of hydrogen-bond acceptors (Lipinski definition) is 4. The Hall–Kier alpha value is -3.28. The number of hydrogen-bond donors (Lipinski definition) is 1. The monoisotopic (exact) mass is 422 g/mol. The van der Waals surface area contributed by atoms with Crippen molar-refractivity contribution in [1.82, 2.24) is 10.2 Å². The number of rotatable bonds is 8. The van der Waals surface area contributed by atoms with E-state index in [2.05, 4.69) is 5.32 Å². The topological polar surface area (TPSA) is 71.8 Å². The maximum absolute atomic E-state index is 12.9. The van der Waals surface area contributed by atoms with E-state index >= 15 is 0 Å². The summed E-state index contributed by atoms with van der Waals surface area (Å²) in [5.41, 5.74) is 4.81. The largest absolute Gasteiger partial charge is 0.483 e. The van der Waals surface area contributed by atoms with Crippen molar-refractivity contribution in [3.8, 4) is 5.75 Å². The molecule has 1 N–H and O–H groups in total. The van der Waals surface area contributed by atoms with Gasteiger partial charge >= 0.3 is 0 Å². The number of amides is 2. The predicted molar refractivity (Wildman–Crippen MR) is 121 cm³/mol. The molecule has 0 aliphatic rings. The van der Waals surface area contributed by atoms with Gasteiger partial charge < -0.3 is 19.4 Å². The molecule has 3 rings (SSSR count). The summed E-state index contributed by atoms with van der Waals surface area (Å²) in [7, 11) is 3.38. The van der Waals surface area contributed by atoms with Gasteiger partial charge in [0, 0.05) is 30.6 Å². The Morgan fingerprint density at radius 3 is 2.58 bits per heavy atom. The molecule has 1 atom stereocenters. The van der Waals surface area contributed by atoms with E-state index in [1.54, 1.807) is 20.4 Å². The number of para-hydroxylation sites is 1. The van der Waals surface area contributed by atoms with Crippen LogP contribution in [0.3, 0.4) is 0 Å². The molecule has 0 saturated carbocycles. The van der Waals surface area contributed by atoms with Gasteiger partial charge in [-0.2, -0.15) is 0 Å². The summed E-state index contributed by atoms with van der Waals surface area (Å²) >= 11 is 0. The van der Waals surface area contributed by atoms with Crippen LogP contribution in [0.4, 0.5) is 0 Å². The number of furan rings is 1. The lowest BCUT2D eigenvalue weighted by atomic mass is 10.0. The van der Waals surface area contributed by atoms with Gasteiger partial charge in [-0.05, 0) is 37.5 Å². The minimum Gasteiger partial charge on any atom is -0.483 e. The number of aryl methyl sites for hydroxylation is 2. The molecule has 3 aromatic rings. The van der Waals surface area contributed by atoms with E-state index in [4.69, 9.17) is 9.15 Å². The molecule has 1 unspecified atom stereocenters. The second kappa shape index (κ2) is 9.69. The summed E-state index contributed by atoms with van der Waals surface area (Å²) in [6.45, 7) is 6.03. The van der Waals surface area contributed by atoms with Crippen LogP contribution >= 0.6 is 0 Å². The van der Waals surface area contributed by atoms with Crippen molar-refractivity contribution < 1.29 is 18.7 Å². The second-order valence-electron chi connectivity index (χ2n) is 7.96. The number of likely N-dealkylation sites (N-methyl/N-ethyl adjacent to an activating group) is 1. The molecule has 164 valence electrons. The quantitative estimate of drug-likeness (QED) is 0.587. The summed E-state index contributed by atoms with van der Waals surface area (Å²) < 4.78 is 11.5. The summed E-state index contributed by atoms with van der Waals surface area (Å²) in [6.07, 6.45) is 2.59. The third-order valence-electron chi connectivity index (χ3n) is 5.58. The first-order chi connectivity index (χ1) is 14.8. The molecule has 1 heterocycles. The zero-order chi connectivity index (χ0) is 22.5. The Balaban J connectivity index is 1.74. The third-order valence-corrected chi connectivity index (χ3v) is 5.58. The van der Waals surface area contributed by atoms with Crippen LogP contribution in [0, 0.1) is 13.8 Å². The molecule has 2 aromatic carbocycles. The number of nitrogens with one attached hydrogen (secondary N) is 1. The van der Waals surface area contributed by atoms with Gasteiger partial charge in [0.05, 0.1) is 18.7 Å². The van der Waals surface area contributed by atoms with Crippen LogP contribution in [0.1, 0.15) is 41.6 Å². The minimum absolute atomic E-state index is 0.0474. The fourth-order valence-corrected chi connectivity index (χ4v) is 3.51. The Kier molecular flexibility index (Phi) is 7.00. The molecular formula is C25H30N2O4. The highest BCUT2D eigenvalue weighted by atomic mass is 16.5. The second-order valence-corrected chi connectivity index (χ2v) is 7.96. The Morgan fingerprint density at radius 2 is 1.87 bits per heavy atom. The molecule has 0 aliphatic heterocycles. The molecule has 0 bridgehead atoms. The molecule has 1 aromatic heterocycles. The molecule has 6 nitrogen and oxygen atoms in total. The number of ether oxygens (including phenoxy) is 1. The lowest BCUT2D eigenvalue weighted by Crippen LogP contribution is -2.30. The summed E-state index contributed by atoms with van der Waals surface area (Å²) in [6, 6.07) is 11.3. The molecule has 0 aliphatic carbocycles. The van der Waals surface area contributed by atoms with Gasteiger partial charge in [-0.25, -0.2) is 0 Å². The molecule has 0 radical (unpaired) electrons. The Morgan fingerprint density at radius 1 is 1.13 bits per heavy atom. The van der Waals surface area contributed by atoms with Crippen molar-refractivity contribution >= 4 is 22.8 Å². The number of carbonyl (C=O) groups is 2. The van der Waals surface area contributed by atoms with E-state index in [1.165, 1.54) is 4.90 Å². The van der Waals surface area contributed by atoms with E-state index in [-0.39, 0.29) is 30.9 Å². The Labute approximate surface area is 183 Å². The van der Waals surface area contributed by atoms with E-state index in [0.717, 1.165) is 33.2 Å². The van der Waals surface area contributed by atoms with Crippen molar-refractivity contribution in [2.24, 2.45) is 0 Å². The first-order valence-corrected chi connectivity index (χ1v) is 10.5. The maximum Gasteiger partial charge on any atom is 0.259 e. The molecule has 6 heteroatoms. The van der Waals surface area contributed by atoms with Gasteiger partial charge in [-0.15, -0.1) is 0 Å². The fourth-order valence-electron chi connectivity index (χ4n) is 3.51. The van der Waals surface area contributed by atoms with E-state index in [1.807, 2.05) is 57.2 Å². The third kappa shape index (κ3) is 5.08. The first kappa shape index (κ1) is 22.4. The highest BCUT2D eigenvalue weighted by Gasteiger charge is 2.19. The van der Waals surface area contributed by atoms with Gasteiger partial charge in [-0.3, -0.25) is 9.59 Å². The van der Waals surface area contributed by atoms with Crippen LogP contribution in [0.2, 0.25) is 0 Å². The summed E-state index contributed by atoms with van der Waals surface area (Å²) in [4.78, 5) is 26.2. The van der Waals surface area contributed by atoms with E-state index in [0.29, 0.717) is 12.2 Å². The average Bonchev–Trinajstić information content (AvgIpc) is 3.16. The normalized spacial score (nSPS) is 11.9. The molecule has 0 spiro atoms. The maximum atomic E-state index is 12.9. The molecular weight excluding hydrogens is 392 g/mol. The molecule has 0 fully saturated rings. The van der Waals surface area contributed by atoms with E-state index in [9.17, 15) is 9.59 Å². The Bertz CT molecular complexity index is 1080. The smallest absolute Gasteiger partial charge is 0.259 e. The predicted octanol–water partition coefficient (Wildman–Crippen LogP) is 4.33. The highest BCUT2D eigenvalue weighted by molar-refractivity contribution is 5.89. The standard InChI is InChI=1S/C25H30N2O4/c1-6-21(20-9-7-8-10-22(20)30-15-24(29)27(4)5)26-23(28)13-18-14-31-25-17(3)16(2)11-12-19(18)25/h7-12,14,21H,6,13,15H2,1-5H3,(H,26,28). The average molecular weight is 423 g/mol. The highest BCUT2D eigenvalue weighted by Crippen LogP contribution is 2.29. The van der Waals surface area contributed by atoms with Crippen LogP contribution < -0.4 is 10.1 Å². The van der Waals surface area contributed by atoms with Gasteiger partial charge in [0.1, 0.15) is 11.3 Å². The SMILES string of the molecule is CCC(NC(=O)Cc1coc2c(C)c(C)ccc12)c1ccccc1OCC(=O)N(C)C. The molecule has 2 amide bonds. The number of nitrogens with zero attached hydrogens (tertiary/aromatic N) is 1. The first-order valence-electron chi connectivity index (χ1n) is 10.5. The van der Waals surface area contributed by atoms with Crippen molar-refractivity contribution in [3.05, 3.63) is 64.9 Å². The molecule has 31 heavy (non-hydrogen) atoms. The van der Waals surface area contributed by atoms with Crippen molar-refractivity contribution in [2.75, 3.05) is 20.7 Å². The van der Waals surface area contributed by atoms with Gasteiger partial charge in [0.15, 0.2) is 6.61 Å². The number of fused-ring (bicyclic) bond motifs is 1. The summed E-state index contributed by atoms with van der Waals surface area (Å²) in [5.74, 6) is 0.390. The number of benzene rings is 2. The fraction of sp³-hybridized carbons (Fsp3) is 0.360. The van der Waals surface area contributed by atoms with Crippen molar-refractivity contribution in [1.29, 1.82) is 0 Å². The van der Waals surface area contributed by atoms with Crippen LogP contribution in [-0.4, -0.2) is 37.4 Å². The molecule has 0 saturated heterocycles. The van der Waals surface area contributed by atoms with Gasteiger partial charge in [0.25, 0.3) is 5.91 Å². The lowest BCUT2D eigenvalue weighted by molar-refractivity contribution is -0.130. The minimum atomic E-state index is -0.222. The van der Waals surface area contributed by atoms with Crippen LogP contribution in [0.15, 0.2) is 47.1 Å².